The third-order valence-corrected chi connectivity index (χ3v) is 2.59. The van der Waals surface area contributed by atoms with Gasteiger partial charge in [0.15, 0.2) is 5.78 Å². The van der Waals surface area contributed by atoms with Crippen LogP contribution in [-0.4, -0.2) is 16.8 Å². The van der Waals surface area contributed by atoms with Crippen LogP contribution in [0.5, 0.6) is 0 Å². The van der Waals surface area contributed by atoms with Gasteiger partial charge in [-0.2, -0.15) is 0 Å². The number of hydrogen-bond acceptors (Lipinski definition) is 4. The minimum Gasteiger partial charge on any atom is -0.381 e. The Balaban J connectivity index is 2.70. The number of carbonyl (C=O) groups is 1. The third-order valence-electron chi connectivity index (χ3n) is 1.95. The van der Waals surface area contributed by atoms with Crippen molar-refractivity contribution >= 4 is 17.1 Å². The lowest BCUT2D eigenvalue weighted by Gasteiger charge is -2.14. The maximum atomic E-state index is 11.7. The number of nitrogens with zero attached hydrogens (tertiary/aromatic N) is 1. The molecular weight excluding hydrogens is 208 g/mol. The second-order valence-electron chi connectivity index (χ2n) is 3.25. The highest BCUT2D eigenvalue weighted by Crippen LogP contribution is 2.07. The van der Waals surface area contributed by atoms with Gasteiger partial charge in [0.05, 0.1) is 17.2 Å². The average molecular weight is 222 g/mol. The molecule has 0 aromatic carbocycles. The number of nitrogens with one attached hydrogen (secondary N) is 1. The molecule has 0 aliphatic rings. The number of hydrogen-bond donors (Lipinski definition) is 1. The Morgan fingerprint density at radius 1 is 1.80 bits per heavy atom. The van der Waals surface area contributed by atoms with Crippen LogP contribution in [0.1, 0.15) is 12.6 Å². The first-order valence-electron chi connectivity index (χ1n) is 4.59. The Kier molecular flexibility index (Phi) is 4.24. The molecular formula is C11H14N2OS. The normalized spacial score (nSPS) is 11.8. The molecule has 3 nitrogen and oxygen atoms in total. The molecule has 1 rings (SSSR count). The van der Waals surface area contributed by atoms with Gasteiger partial charge in [0, 0.05) is 11.8 Å². The molecule has 0 aliphatic heterocycles. The first kappa shape index (κ1) is 11.7. The molecule has 1 aromatic rings. The van der Waals surface area contributed by atoms with Gasteiger partial charge in [-0.05, 0) is 18.7 Å². The second kappa shape index (κ2) is 5.46. The smallest absolute Gasteiger partial charge is 0.180 e. The van der Waals surface area contributed by atoms with Crippen LogP contribution in [0, 0.1) is 0 Å². The van der Waals surface area contributed by atoms with Crippen LogP contribution in [0.25, 0.3) is 0 Å². The zero-order chi connectivity index (χ0) is 11.3. The van der Waals surface area contributed by atoms with Crippen LogP contribution < -0.4 is 5.32 Å². The zero-order valence-electron chi connectivity index (χ0n) is 8.69. The SMILES string of the molecule is C=CN[C@@H](Cc1cscn1)C(=O)C(=C)C. The van der Waals surface area contributed by atoms with E-state index >= 15 is 0 Å². The van der Waals surface area contributed by atoms with Gasteiger partial charge in [0.2, 0.25) is 0 Å². The van der Waals surface area contributed by atoms with E-state index in [-0.39, 0.29) is 11.8 Å². The number of thiazole rings is 1. The van der Waals surface area contributed by atoms with Crippen LogP contribution in [0.15, 0.2) is 35.8 Å². The van der Waals surface area contributed by atoms with E-state index < -0.39 is 0 Å². The van der Waals surface area contributed by atoms with Crippen molar-refractivity contribution in [2.24, 2.45) is 0 Å². The largest absolute Gasteiger partial charge is 0.381 e. The Labute approximate surface area is 93.5 Å². The molecule has 0 saturated heterocycles. The Morgan fingerprint density at radius 2 is 2.53 bits per heavy atom. The molecule has 0 unspecified atom stereocenters. The molecule has 0 saturated carbocycles. The molecule has 0 fully saturated rings. The van der Waals surface area contributed by atoms with E-state index in [4.69, 9.17) is 0 Å². The molecule has 1 heterocycles. The summed E-state index contributed by atoms with van der Waals surface area (Å²) in [6, 6.07) is -0.304. The van der Waals surface area contributed by atoms with Gasteiger partial charge in [-0.3, -0.25) is 4.79 Å². The molecule has 1 atom stereocenters. The molecule has 0 bridgehead atoms. The lowest BCUT2D eigenvalue weighted by atomic mass is 10.0. The molecule has 1 N–H and O–H groups in total. The van der Waals surface area contributed by atoms with E-state index in [1.165, 1.54) is 17.5 Å². The minimum atomic E-state index is -0.304. The van der Waals surface area contributed by atoms with Crippen LogP contribution in [-0.2, 0) is 11.2 Å². The number of rotatable bonds is 6. The minimum absolute atomic E-state index is 0.00269. The van der Waals surface area contributed by atoms with E-state index in [0.717, 1.165) is 5.69 Å². The molecule has 0 spiro atoms. The maximum absolute atomic E-state index is 11.7. The van der Waals surface area contributed by atoms with Crippen LogP contribution in [0.4, 0.5) is 0 Å². The predicted molar refractivity (Wildman–Crippen MR) is 62.8 cm³/mol. The predicted octanol–water partition coefficient (Wildman–Crippen LogP) is 1.93. The van der Waals surface area contributed by atoms with Gasteiger partial charge in [0.25, 0.3) is 0 Å². The molecule has 80 valence electrons. The van der Waals surface area contributed by atoms with Crippen molar-refractivity contribution in [2.75, 3.05) is 0 Å². The van der Waals surface area contributed by atoms with Crippen molar-refractivity contribution in [3.63, 3.8) is 0 Å². The Morgan fingerprint density at radius 3 is 3.00 bits per heavy atom. The fraction of sp³-hybridized carbons (Fsp3) is 0.273. The van der Waals surface area contributed by atoms with Crippen molar-refractivity contribution < 1.29 is 4.79 Å². The highest BCUT2D eigenvalue weighted by molar-refractivity contribution is 7.07. The van der Waals surface area contributed by atoms with Gasteiger partial charge in [0.1, 0.15) is 0 Å². The molecule has 0 amide bonds. The van der Waals surface area contributed by atoms with Crippen molar-refractivity contribution in [1.82, 2.24) is 10.3 Å². The van der Waals surface area contributed by atoms with Gasteiger partial charge in [-0.15, -0.1) is 11.3 Å². The van der Waals surface area contributed by atoms with Gasteiger partial charge >= 0.3 is 0 Å². The molecule has 1 aromatic heterocycles. The Bertz CT molecular complexity index is 357. The standard InChI is InChI=1S/C11H14N2OS/c1-4-12-10(11(14)8(2)3)5-9-6-15-7-13-9/h4,6-7,10,12H,1-2,5H2,3H3/t10-/m0/s1. The summed E-state index contributed by atoms with van der Waals surface area (Å²) in [5.74, 6) is 0.00269. The van der Waals surface area contributed by atoms with E-state index in [2.05, 4.69) is 23.5 Å². The van der Waals surface area contributed by atoms with Gasteiger partial charge in [-0.25, -0.2) is 4.98 Å². The molecule has 15 heavy (non-hydrogen) atoms. The molecule has 0 radical (unpaired) electrons. The fourth-order valence-corrected chi connectivity index (χ4v) is 1.79. The lowest BCUT2D eigenvalue weighted by Crippen LogP contribution is -2.35. The zero-order valence-corrected chi connectivity index (χ0v) is 9.51. The van der Waals surface area contributed by atoms with Gasteiger partial charge in [-0.1, -0.05) is 13.2 Å². The summed E-state index contributed by atoms with van der Waals surface area (Å²) in [6.45, 7) is 8.92. The summed E-state index contributed by atoms with van der Waals surface area (Å²) in [5.41, 5.74) is 3.21. The Hall–Kier alpha value is -1.42. The topological polar surface area (TPSA) is 42.0 Å². The van der Waals surface area contributed by atoms with Gasteiger partial charge < -0.3 is 5.32 Å². The van der Waals surface area contributed by atoms with Crippen LogP contribution in [0.2, 0.25) is 0 Å². The fourth-order valence-electron chi connectivity index (χ4n) is 1.21. The van der Waals surface area contributed by atoms with E-state index in [0.29, 0.717) is 12.0 Å². The molecule has 4 heteroatoms. The highest BCUT2D eigenvalue weighted by atomic mass is 32.1. The van der Waals surface area contributed by atoms with E-state index in [9.17, 15) is 4.79 Å². The number of Topliss-reactive ketones (excluding diaryl/α,β-unsaturated/α-hetero) is 1. The van der Waals surface area contributed by atoms with Crippen LogP contribution >= 0.6 is 11.3 Å². The van der Waals surface area contributed by atoms with Crippen LogP contribution in [0.3, 0.4) is 0 Å². The van der Waals surface area contributed by atoms with E-state index in [1.54, 1.807) is 12.4 Å². The third kappa shape index (κ3) is 3.32. The second-order valence-corrected chi connectivity index (χ2v) is 3.97. The number of ketones is 1. The van der Waals surface area contributed by atoms with Crippen molar-refractivity contribution in [1.29, 1.82) is 0 Å². The summed E-state index contributed by atoms with van der Waals surface area (Å²) in [5, 5.41) is 4.85. The summed E-state index contributed by atoms with van der Waals surface area (Å²) in [7, 11) is 0. The van der Waals surface area contributed by atoms with E-state index in [1.807, 2.05) is 5.38 Å². The summed E-state index contributed by atoms with van der Waals surface area (Å²) >= 11 is 1.52. The lowest BCUT2D eigenvalue weighted by molar-refractivity contribution is -0.117. The highest BCUT2D eigenvalue weighted by Gasteiger charge is 2.18. The van der Waals surface area contributed by atoms with Crippen molar-refractivity contribution in [3.8, 4) is 0 Å². The summed E-state index contributed by atoms with van der Waals surface area (Å²) in [6.07, 6.45) is 2.10. The quantitative estimate of drug-likeness (QED) is 0.748. The first-order valence-corrected chi connectivity index (χ1v) is 5.53. The van der Waals surface area contributed by atoms with Crippen molar-refractivity contribution in [2.45, 2.75) is 19.4 Å². The summed E-state index contributed by atoms with van der Waals surface area (Å²) in [4.78, 5) is 15.9. The average Bonchev–Trinajstić information content (AvgIpc) is 2.68. The number of carbonyl (C=O) groups excluding carboxylic acids is 1. The first-order chi connectivity index (χ1) is 7.15. The maximum Gasteiger partial charge on any atom is 0.180 e. The molecule has 0 aliphatic carbocycles. The number of aromatic nitrogens is 1. The monoisotopic (exact) mass is 222 g/mol. The van der Waals surface area contributed by atoms with Crippen molar-refractivity contribution in [3.05, 3.63) is 41.5 Å². The summed E-state index contributed by atoms with van der Waals surface area (Å²) < 4.78 is 0.